The van der Waals surface area contributed by atoms with Gasteiger partial charge in [0.15, 0.2) is 0 Å². The van der Waals surface area contributed by atoms with E-state index in [1.807, 2.05) is 18.2 Å². The number of nitrogens with zero attached hydrogens (tertiary/aromatic N) is 2. The molecule has 0 bridgehead atoms. The number of amides is 2. The molecule has 1 aromatic heterocycles. The molecule has 33 heavy (non-hydrogen) atoms. The van der Waals surface area contributed by atoms with Crippen LogP contribution in [-0.2, 0) is 11.3 Å². The molecule has 1 fully saturated rings. The van der Waals surface area contributed by atoms with Crippen LogP contribution in [0.25, 0.3) is 10.9 Å². The standard InChI is InChI=1S/C24H27ClN4O4/c1-32-21-6-5-17-13-18(23(30)27-22(17)15-21)16-29(8-7-28-9-11-33-12-10-28)24(31)26-20-4-2-3-19(25)14-20/h2-6,13-15H,7-12,16H2,1H3,(H,26,31)(H,27,30). The number of benzene rings is 2. The summed E-state index contributed by atoms with van der Waals surface area (Å²) in [4.78, 5) is 32.8. The lowest BCUT2D eigenvalue weighted by Crippen LogP contribution is -2.44. The SMILES string of the molecule is COc1ccc2cc(CN(CCN3CCOCC3)C(=O)Nc3cccc(Cl)c3)c(=O)[nH]c2c1. The average Bonchev–Trinajstić information content (AvgIpc) is 2.82. The number of rotatable bonds is 7. The second-order valence-electron chi connectivity index (χ2n) is 7.89. The summed E-state index contributed by atoms with van der Waals surface area (Å²) >= 11 is 6.06. The van der Waals surface area contributed by atoms with Crippen molar-refractivity contribution < 1.29 is 14.3 Å². The second-order valence-corrected chi connectivity index (χ2v) is 8.33. The Balaban J connectivity index is 1.55. The molecule has 0 atom stereocenters. The van der Waals surface area contributed by atoms with Gasteiger partial charge in [0.25, 0.3) is 5.56 Å². The van der Waals surface area contributed by atoms with E-state index in [9.17, 15) is 9.59 Å². The van der Waals surface area contributed by atoms with Gasteiger partial charge in [0.05, 0.1) is 32.4 Å². The second kappa shape index (κ2) is 10.7. The topological polar surface area (TPSA) is 86.9 Å². The number of aromatic nitrogens is 1. The Morgan fingerprint density at radius 1 is 1.21 bits per heavy atom. The van der Waals surface area contributed by atoms with E-state index in [1.165, 1.54) is 0 Å². The van der Waals surface area contributed by atoms with Crippen LogP contribution >= 0.6 is 11.6 Å². The van der Waals surface area contributed by atoms with E-state index in [4.69, 9.17) is 21.1 Å². The number of ether oxygens (including phenoxy) is 2. The summed E-state index contributed by atoms with van der Waals surface area (Å²) in [5.74, 6) is 0.666. The number of pyridine rings is 1. The molecular weight excluding hydrogens is 444 g/mol. The van der Waals surface area contributed by atoms with Gasteiger partial charge >= 0.3 is 6.03 Å². The minimum Gasteiger partial charge on any atom is -0.497 e. The molecule has 9 heteroatoms. The third-order valence-electron chi connectivity index (χ3n) is 5.64. The molecule has 0 spiro atoms. The molecule has 0 radical (unpaired) electrons. The lowest BCUT2D eigenvalue weighted by atomic mass is 10.1. The maximum absolute atomic E-state index is 13.2. The first-order valence-electron chi connectivity index (χ1n) is 10.8. The number of morpholine rings is 1. The van der Waals surface area contributed by atoms with Crippen LogP contribution in [0.1, 0.15) is 5.56 Å². The summed E-state index contributed by atoms with van der Waals surface area (Å²) in [5, 5.41) is 4.30. The van der Waals surface area contributed by atoms with Gasteiger partial charge in [0.1, 0.15) is 5.75 Å². The average molecular weight is 471 g/mol. The van der Waals surface area contributed by atoms with Gasteiger partial charge in [-0.15, -0.1) is 0 Å². The first-order chi connectivity index (χ1) is 16.0. The monoisotopic (exact) mass is 470 g/mol. The number of anilines is 1. The van der Waals surface area contributed by atoms with E-state index in [1.54, 1.807) is 42.3 Å². The normalized spacial score (nSPS) is 14.2. The fraction of sp³-hybridized carbons (Fsp3) is 0.333. The maximum atomic E-state index is 13.2. The van der Waals surface area contributed by atoms with Gasteiger partial charge in [-0.2, -0.15) is 0 Å². The van der Waals surface area contributed by atoms with Crippen LogP contribution in [0.15, 0.2) is 53.3 Å². The highest BCUT2D eigenvalue weighted by Crippen LogP contribution is 2.20. The molecule has 0 aliphatic carbocycles. The highest BCUT2D eigenvalue weighted by molar-refractivity contribution is 6.30. The first kappa shape index (κ1) is 23.1. The third-order valence-corrected chi connectivity index (χ3v) is 5.88. The number of methoxy groups -OCH3 is 1. The van der Waals surface area contributed by atoms with Crippen molar-refractivity contribution in [2.75, 3.05) is 51.8 Å². The molecule has 2 N–H and O–H groups in total. The van der Waals surface area contributed by atoms with Crippen molar-refractivity contribution >= 4 is 34.2 Å². The van der Waals surface area contributed by atoms with Crippen LogP contribution in [-0.4, -0.2) is 67.3 Å². The van der Waals surface area contributed by atoms with E-state index < -0.39 is 0 Å². The number of urea groups is 1. The predicted molar refractivity (Wildman–Crippen MR) is 129 cm³/mol. The lowest BCUT2D eigenvalue weighted by Gasteiger charge is -2.30. The minimum atomic E-state index is -0.292. The molecular formula is C24H27ClN4O4. The Morgan fingerprint density at radius 2 is 2.03 bits per heavy atom. The van der Waals surface area contributed by atoms with E-state index >= 15 is 0 Å². The zero-order valence-electron chi connectivity index (χ0n) is 18.5. The zero-order valence-corrected chi connectivity index (χ0v) is 19.2. The van der Waals surface area contributed by atoms with Gasteiger partial charge in [-0.05, 0) is 41.8 Å². The number of hydrogen-bond acceptors (Lipinski definition) is 5. The van der Waals surface area contributed by atoms with Crippen molar-refractivity contribution in [3.63, 3.8) is 0 Å². The van der Waals surface area contributed by atoms with Crippen molar-refractivity contribution in [2.24, 2.45) is 0 Å². The Bertz CT molecular complexity index is 1180. The van der Waals surface area contributed by atoms with Crippen molar-refractivity contribution in [3.8, 4) is 5.75 Å². The van der Waals surface area contributed by atoms with Crippen molar-refractivity contribution in [1.82, 2.24) is 14.8 Å². The van der Waals surface area contributed by atoms with Crippen LogP contribution in [0.5, 0.6) is 5.75 Å². The van der Waals surface area contributed by atoms with E-state index in [2.05, 4.69) is 15.2 Å². The number of nitrogens with one attached hydrogen (secondary N) is 2. The molecule has 1 aliphatic rings. The maximum Gasteiger partial charge on any atom is 0.322 e. The van der Waals surface area contributed by atoms with Gasteiger partial charge in [-0.3, -0.25) is 9.69 Å². The number of carbonyl (C=O) groups is 1. The highest BCUT2D eigenvalue weighted by Gasteiger charge is 2.19. The summed E-state index contributed by atoms with van der Waals surface area (Å²) in [7, 11) is 1.58. The Morgan fingerprint density at radius 3 is 2.79 bits per heavy atom. The Hall–Kier alpha value is -3.07. The molecule has 2 heterocycles. The highest BCUT2D eigenvalue weighted by atomic mass is 35.5. The molecule has 1 aliphatic heterocycles. The number of halogens is 1. The quantitative estimate of drug-likeness (QED) is 0.551. The van der Waals surface area contributed by atoms with Gasteiger partial charge in [0.2, 0.25) is 0 Å². The zero-order chi connectivity index (χ0) is 23.2. The number of carbonyl (C=O) groups excluding carboxylic acids is 1. The van der Waals surface area contributed by atoms with Crippen LogP contribution in [0.4, 0.5) is 10.5 Å². The minimum absolute atomic E-state index is 0.175. The van der Waals surface area contributed by atoms with Crippen LogP contribution in [0, 0.1) is 0 Å². The largest absolute Gasteiger partial charge is 0.497 e. The molecule has 174 valence electrons. The van der Waals surface area contributed by atoms with Crippen molar-refractivity contribution in [2.45, 2.75) is 6.54 Å². The van der Waals surface area contributed by atoms with Crippen LogP contribution in [0.3, 0.4) is 0 Å². The van der Waals surface area contributed by atoms with Gasteiger partial charge in [-0.25, -0.2) is 4.79 Å². The summed E-state index contributed by atoms with van der Waals surface area (Å²) in [6, 6.07) is 14.0. The molecule has 2 aromatic carbocycles. The van der Waals surface area contributed by atoms with E-state index in [-0.39, 0.29) is 18.1 Å². The van der Waals surface area contributed by atoms with Crippen LogP contribution in [0.2, 0.25) is 5.02 Å². The molecule has 0 saturated carbocycles. The van der Waals surface area contributed by atoms with Gasteiger partial charge in [-0.1, -0.05) is 17.7 Å². The summed E-state index contributed by atoms with van der Waals surface area (Å²) in [6.45, 7) is 4.34. The fourth-order valence-electron chi connectivity index (χ4n) is 3.78. The predicted octanol–water partition coefficient (Wildman–Crippen LogP) is 3.56. The van der Waals surface area contributed by atoms with Crippen LogP contribution < -0.4 is 15.6 Å². The number of fused-ring (bicyclic) bond motifs is 1. The number of H-pyrrole nitrogens is 1. The van der Waals surface area contributed by atoms with Gasteiger partial charge in [0, 0.05) is 48.5 Å². The fourth-order valence-corrected chi connectivity index (χ4v) is 3.97. The van der Waals surface area contributed by atoms with Gasteiger partial charge < -0.3 is 24.7 Å². The van der Waals surface area contributed by atoms with Crippen molar-refractivity contribution in [1.29, 1.82) is 0 Å². The lowest BCUT2D eigenvalue weighted by molar-refractivity contribution is 0.0349. The molecule has 8 nitrogen and oxygen atoms in total. The first-order valence-corrected chi connectivity index (χ1v) is 11.2. The van der Waals surface area contributed by atoms with E-state index in [0.717, 1.165) is 18.5 Å². The number of hydrogen-bond donors (Lipinski definition) is 2. The molecule has 1 saturated heterocycles. The smallest absolute Gasteiger partial charge is 0.322 e. The number of aromatic amines is 1. The summed E-state index contributed by atoms with van der Waals surface area (Å²) in [6.07, 6.45) is 0. The van der Waals surface area contributed by atoms with E-state index in [0.29, 0.717) is 53.8 Å². The molecule has 0 unspecified atom stereocenters. The Kier molecular flexibility index (Phi) is 7.49. The summed E-state index contributed by atoms with van der Waals surface area (Å²) < 4.78 is 10.6. The summed E-state index contributed by atoms with van der Waals surface area (Å²) in [5.41, 5.74) is 1.56. The molecule has 2 amide bonds. The Labute approximate surface area is 197 Å². The van der Waals surface area contributed by atoms with Crippen molar-refractivity contribution in [3.05, 3.63) is 69.5 Å². The molecule has 4 rings (SSSR count). The third kappa shape index (κ3) is 6.04. The molecule has 3 aromatic rings.